The molecule has 4 heteroatoms. The molecule has 6 aromatic carbocycles. The van der Waals surface area contributed by atoms with Gasteiger partial charge in [-0.1, -0.05) is 138 Å². The first-order chi connectivity index (χ1) is 26.9. The van der Waals surface area contributed by atoms with Crippen molar-refractivity contribution in [3.8, 4) is 67.5 Å². The summed E-state index contributed by atoms with van der Waals surface area (Å²) < 4.78 is 2.24. The predicted octanol–water partition coefficient (Wildman–Crippen LogP) is 13.8. The van der Waals surface area contributed by atoms with Crippen molar-refractivity contribution in [1.29, 1.82) is 0 Å². The van der Waals surface area contributed by atoms with E-state index < -0.39 is 0 Å². The van der Waals surface area contributed by atoms with Crippen molar-refractivity contribution in [3.63, 3.8) is 0 Å². The molecule has 0 aliphatic heterocycles. The zero-order valence-corrected chi connectivity index (χ0v) is 33.4. The molecule has 1 N–H and O–H groups in total. The average molecular weight is 732 g/mol. The topological polar surface area (TPSA) is 50.9 Å². The Balaban J connectivity index is 1.39. The van der Waals surface area contributed by atoms with Crippen LogP contribution < -0.4 is 0 Å². The van der Waals surface area contributed by atoms with Crippen molar-refractivity contribution in [2.24, 2.45) is 0 Å². The van der Waals surface area contributed by atoms with Crippen LogP contribution >= 0.6 is 0 Å². The molecule has 0 radical (unpaired) electrons. The highest BCUT2D eigenvalue weighted by atomic mass is 16.3. The molecule has 8 rings (SSSR count). The molecule has 0 saturated heterocycles. The Bertz CT molecular complexity index is 2700. The lowest BCUT2D eigenvalue weighted by Gasteiger charge is -2.25. The lowest BCUT2D eigenvalue weighted by atomic mass is 9.81. The van der Waals surface area contributed by atoms with Crippen molar-refractivity contribution >= 4 is 11.0 Å². The van der Waals surface area contributed by atoms with Gasteiger partial charge in [-0.15, -0.1) is 0 Å². The summed E-state index contributed by atoms with van der Waals surface area (Å²) in [7, 11) is 0. The lowest BCUT2D eigenvalue weighted by Crippen LogP contribution is -2.16. The van der Waals surface area contributed by atoms with Gasteiger partial charge in [-0.2, -0.15) is 0 Å². The number of pyridine rings is 1. The van der Waals surface area contributed by atoms with Crippen LogP contribution in [0.1, 0.15) is 64.7 Å². The highest BCUT2D eigenvalue weighted by Crippen LogP contribution is 2.42. The minimum atomic E-state index is -0.119. The van der Waals surface area contributed by atoms with E-state index in [4.69, 9.17) is 9.97 Å². The van der Waals surface area contributed by atoms with Crippen LogP contribution in [0.15, 0.2) is 152 Å². The number of aryl methyl sites for hydroxylation is 1. The number of imidazole rings is 1. The molecule has 0 spiro atoms. The monoisotopic (exact) mass is 731 g/mol. The minimum Gasteiger partial charge on any atom is -0.507 e. The van der Waals surface area contributed by atoms with Crippen LogP contribution in [0, 0.1) is 6.92 Å². The van der Waals surface area contributed by atoms with E-state index >= 15 is 0 Å². The van der Waals surface area contributed by atoms with Crippen molar-refractivity contribution in [2.45, 2.75) is 65.7 Å². The van der Waals surface area contributed by atoms with Gasteiger partial charge in [0.2, 0.25) is 0 Å². The molecular formula is C52H49N3O. The first-order valence-corrected chi connectivity index (χ1v) is 19.6. The SMILES string of the molecule is CCC(C)(C)c1ccc(-n2c(-c3ccccc3O)nc3c(-c4cc(-c5cc(-c6ccc(C)cc6)ccn5)cc(C(C)(C)C)c4)cccc32)c(-c2ccccc2)c1. The molecule has 278 valence electrons. The second-order valence-corrected chi connectivity index (χ2v) is 16.6. The molecule has 0 fully saturated rings. The summed E-state index contributed by atoms with van der Waals surface area (Å²) in [5.74, 6) is 0.872. The largest absolute Gasteiger partial charge is 0.507 e. The summed E-state index contributed by atoms with van der Waals surface area (Å²) in [6, 6.07) is 51.1. The number of phenolic OH excluding ortho intramolecular Hbond substituents is 1. The van der Waals surface area contributed by atoms with Gasteiger partial charge < -0.3 is 5.11 Å². The number of hydrogen-bond donors (Lipinski definition) is 1. The Kier molecular flexibility index (Phi) is 9.46. The molecule has 0 unspecified atom stereocenters. The third-order valence-electron chi connectivity index (χ3n) is 11.4. The molecule has 0 aliphatic carbocycles. The standard InChI is InChI=1S/C52H49N3O/c1-8-52(6,7)40-25-26-46(44(33-40)36-15-10-9-11-16-36)55-47-19-14-18-42(49(47)54-50(55)43-17-12-13-20-48(43)56)38-29-39(31-41(30-38)51(3,4)5)45-32-37(27-28-53-45)35-23-21-34(2)22-24-35/h9-33,56H,8H2,1-7H3. The highest BCUT2D eigenvalue weighted by Gasteiger charge is 2.25. The van der Waals surface area contributed by atoms with E-state index in [1.54, 1.807) is 6.07 Å². The van der Waals surface area contributed by atoms with Crippen molar-refractivity contribution in [1.82, 2.24) is 14.5 Å². The van der Waals surface area contributed by atoms with Crippen molar-refractivity contribution < 1.29 is 5.11 Å². The van der Waals surface area contributed by atoms with Crippen LogP contribution in [-0.4, -0.2) is 19.6 Å². The Hall–Kier alpha value is -6.26. The van der Waals surface area contributed by atoms with Crippen LogP contribution in [0.5, 0.6) is 5.75 Å². The maximum absolute atomic E-state index is 11.4. The van der Waals surface area contributed by atoms with Gasteiger partial charge in [-0.05, 0) is 112 Å². The zero-order valence-electron chi connectivity index (χ0n) is 33.4. The highest BCUT2D eigenvalue weighted by molar-refractivity contribution is 5.97. The smallest absolute Gasteiger partial charge is 0.149 e. The van der Waals surface area contributed by atoms with Gasteiger partial charge in [-0.25, -0.2) is 4.98 Å². The zero-order chi connectivity index (χ0) is 39.2. The van der Waals surface area contributed by atoms with Gasteiger partial charge in [0, 0.05) is 22.9 Å². The summed E-state index contributed by atoms with van der Waals surface area (Å²) in [6.45, 7) is 15.7. The third-order valence-corrected chi connectivity index (χ3v) is 11.4. The van der Waals surface area contributed by atoms with Crippen molar-refractivity contribution in [2.75, 3.05) is 0 Å². The number of benzene rings is 6. The molecule has 0 atom stereocenters. The van der Waals surface area contributed by atoms with E-state index in [1.165, 1.54) is 22.3 Å². The Morgan fingerprint density at radius 2 is 1.29 bits per heavy atom. The van der Waals surface area contributed by atoms with Gasteiger partial charge in [0.05, 0.1) is 28.0 Å². The molecule has 0 saturated carbocycles. The summed E-state index contributed by atoms with van der Waals surface area (Å²) in [5.41, 5.74) is 15.7. The second kappa shape index (κ2) is 14.4. The van der Waals surface area contributed by atoms with Crippen LogP contribution in [0.2, 0.25) is 0 Å². The van der Waals surface area contributed by atoms with Crippen LogP contribution in [0.4, 0.5) is 0 Å². The van der Waals surface area contributed by atoms with E-state index in [0.717, 1.165) is 62.2 Å². The molecule has 0 amide bonds. The number of rotatable bonds is 8. The lowest BCUT2D eigenvalue weighted by molar-refractivity contribution is 0.477. The predicted molar refractivity (Wildman–Crippen MR) is 234 cm³/mol. The Morgan fingerprint density at radius 3 is 2.02 bits per heavy atom. The molecule has 8 aromatic rings. The van der Waals surface area contributed by atoms with E-state index in [0.29, 0.717) is 11.4 Å². The molecular weight excluding hydrogens is 683 g/mol. The minimum absolute atomic E-state index is 0.00292. The second-order valence-electron chi connectivity index (χ2n) is 16.6. The molecule has 2 aromatic heterocycles. The molecule has 0 bridgehead atoms. The molecule has 4 nitrogen and oxygen atoms in total. The normalized spacial score (nSPS) is 12.0. The first-order valence-electron chi connectivity index (χ1n) is 19.6. The third kappa shape index (κ3) is 6.92. The maximum Gasteiger partial charge on any atom is 0.149 e. The van der Waals surface area contributed by atoms with Crippen molar-refractivity contribution in [3.05, 3.63) is 168 Å². The number of fused-ring (bicyclic) bond motifs is 1. The quantitative estimate of drug-likeness (QED) is 0.169. The van der Waals surface area contributed by atoms with E-state index in [9.17, 15) is 5.11 Å². The number of hydrogen-bond acceptors (Lipinski definition) is 3. The van der Waals surface area contributed by atoms with Gasteiger partial charge in [0.25, 0.3) is 0 Å². The molecule has 0 aliphatic rings. The fourth-order valence-corrected chi connectivity index (χ4v) is 7.50. The van der Waals surface area contributed by atoms with Gasteiger partial charge >= 0.3 is 0 Å². The maximum atomic E-state index is 11.4. The number of aromatic hydroxyl groups is 1. The van der Waals surface area contributed by atoms with E-state index in [-0.39, 0.29) is 16.6 Å². The Morgan fingerprint density at radius 1 is 0.571 bits per heavy atom. The summed E-state index contributed by atoms with van der Waals surface area (Å²) >= 11 is 0. The Labute approximate surface area is 331 Å². The molecule has 2 heterocycles. The van der Waals surface area contributed by atoms with Gasteiger partial charge in [0.1, 0.15) is 11.6 Å². The van der Waals surface area contributed by atoms with Gasteiger partial charge in [0.15, 0.2) is 0 Å². The van der Waals surface area contributed by atoms with Crippen LogP contribution in [0.25, 0.3) is 72.7 Å². The summed E-state index contributed by atoms with van der Waals surface area (Å²) in [6.07, 6.45) is 2.93. The van der Waals surface area contributed by atoms with E-state index in [2.05, 4.69) is 174 Å². The van der Waals surface area contributed by atoms with E-state index in [1.807, 2.05) is 24.4 Å². The number of para-hydroxylation sites is 2. The number of nitrogens with zero attached hydrogens (tertiary/aromatic N) is 3. The van der Waals surface area contributed by atoms with Crippen LogP contribution in [0.3, 0.4) is 0 Å². The fourth-order valence-electron chi connectivity index (χ4n) is 7.50. The number of phenols is 1. The summed E-state index contributed by atoms with van der Waals surface area (Å²) in [4.78, 5) is 10.4. The molecule has 56 heavy (non-hydrogen) atoms. The summed E-state index contributed by atoms with van der Waals surface area (Å²) in [5, 5.41) is 11.4. The number of aromatic nitrogens is 3. The average Bonchev–Trinajstić information content (AvgIpc) is 3.60. The fraction of sp³-hybridized carbons (Fsp3) is 0.192. The van der Waals surface area contributed by atoms with Crippen LogP contribution in [-0.2, 0) is 10.8 Å². The first kappa shape index (κ1) is 36.7. The van der Waals surface area contributed by atoms with Gasteiger partial charge in [-0.3, -0.25) is 9.55 Å².